The van der Waals surface area contributed by atoms with Gasteiger partial charge in [-0.2, -0.15) is 0 Å². The van der Waals surface area contributed by atoms with E-state index in [2.05, 4.69) is 0 Å². The van der Waals surface area contributed by atoms with Gasteiger partial charge in [0.05, 0.1) is 5.76 Å². The summed E-state index contributed by atoms with van der Waals surface area (Å²) in [6.45, 7) is 5.63. The fraction of sp³-hybridized carbons (Fsp3) is 0.417. The van der Waals surface area contributed by atoms with Crippen LogP contribution in [0.25, 0.3) is 0 Å². The highest BCUT2D eigenvalue weighted by Crippen LogP contribution is 2.09. The third-order valence-corrected chi connectivity index (χ3v) is 1.59. The summed E-state index contributed by atoms with van der Waals surface area (Å²) >= 11 is 0. The molecule has 0 saturated heterocycles. The van der Waals surface area contributed by atoms with Gasteiger partial charge in [0.2, 0.25) is 0 Å². The smallest absolute Gasteiger partial charge is 0.302 e. The van der Waals surface area contributed by atoms with Crippen molar-refractivity contribution in [2.45, 2.75) is 27.2 Å². The van der Waals surface area contributed by atoms with E-state index in [0.717, 1.165) is 5.57 Å². The molecule has 1 rings (SSSR count). The van der Waals surface area contributed by atoms with Gasteiger partial charge in [0, 0.05) is 13.3 Å². The Morgan fingerprint density at radius 3 is 2.73 bits per heavy atom. The van der Waals surface area contributed by atoms with Crippen LogP contribution in [-0.4, -0.2) is 17.7 Å². The van der Waals surface area contributed by atoms with Gasteiger partial charge >= 0.3 is 5.97 Å². The zero-order chi connectivity index (χ0) is 11.7. The Hall–Kier alpha value is -1.51. The van der Waals surface area contributed by atoms with Gasteiger partial charge in [0.25, 0.3) is 0 Å². The fourth-order valence-corrected chi connectivity index (χ4v) is 0.939. The number of allylic oxidation sites excluding steroid dienone is 3. The largest absolute Gasteiger partial charge is 0.512 e. The maximum Gasteiger partial charge on any atom is 0.302 e. The molecule has 0 heterocycles. The number of hydrogen-bond donors (Lipinski definition) is 1. The van der Waals surface area contributed by atoms with Crippen LogP contribution in [0.15, 0.2) is 35.6 Å². The van der Waals surface area contributed by atoms with Crippen LogP contribution in [0.5, 0.6) is 0 Å². The van der Waals surface area contributed by atoms with Crippen LogP contribution in [0.3, 0.4) is 0 Å². The fourth-order valence-electron chi connectivity index (χ4n) is 0.939. The lowest BCUT2D eigenvalue weighted by Gasteiger charge is -2.00. The summed E-state index contributed by atoms with van der Waals surface area (Å²) in [7, 11) is 0. The van der Waals surface area contributed by atoms with Gasteiger partial charge in [-0.15, -0.1) is 0 Å². The van der Waals surface area contributed by atoms with Gasteiger partial charge in [-0.25, -0.2) is 0 Å². The van der Waals surface area contributed by atoms with Crippen molar-refractivity contribution in [1.29, 1.82) is 0 Å². The first kappa shape index (κ1) is 13.5. The second kappa shape index (κ2) is 7.85. The molecule has 1 aliphatic rings. The molecule has 0 unspecified atom stereocenters. The molecule has 0 saturated carbocycles. The lowest BCUT2D eigenvalue weighted by Crippen LogP contribution is -2.01. The highest BCUT2D eigenvalue weighted by Gasteiger charge is 1.99. The second-order valence-corrected chi connectivity index (χ2v) is 2.79. The molecule has 0 aromatic heterocycles. The highest BCUT2D eigenvalue weighted by atomic mass is 16.5. The van der Waals surface area contributed by atoms with E-state index in [1.165, 1.54) is 6.92 Å². The molecule has 0 atom stereocenters. The van der Waals surface area contributed by atoms with E-state index in [9.17, 15) is 4.79 Å². The van der Waals surface area contributed by atoms with E-state index in [1.54, 1.807) is 12.2 Å². The first-order valence-electron chi connectivity index (χ1n) is 5.07. The molecule has 0 radical (unpaired) electrons. The predicted octanol–water partition coefficient (Wildman–Crippen LogP) is 2.90. The third-order valence-electron chi connectivity index (χ3n) is 1.59. The van der Waals surface area contributed by atoms with Gasteiger partial charge in [-0.3, -0.25) is 4.79 Å². The maximum absolute atomic E-state index is 10.5. The van der Waals surface area contributed by atoms with Crippen LogP contribution in [0.1, 0.15) is 27.2 Å². The Labute approximate surface area is 90.8 Å². The predicted molar refractivity (Wildman–Crippen MR) is 60.5 cm³/mol. The molecule has 1 aliphatic carbocycles. The van der Waals surface area contributed by atoms with Gasteiger partial charge in [0.15, 0.2) is 0 Å². The summed E-state index contributed by atoms with van der Waals surface area (Å²) in [4.78, 5) is 10.5. The van der Waals surface area contributed by atoms with Gasteiger partial charge in [0.1, 0.15) is 6.61 Å². The van der Waals surface area contributed by atoms with Crippen molar-refractivity contribution < 1.29 is 14.6 Å². The van der Waals surface area contributed by atoms with Crippen molar-refractivity contribution in [3.63, 3.8) is 0 Å². The maximum atomic E-state index is 10.5. The average Bonchev–Trinajstić information content (AvgIpc) is 2.43. The molecule has 1 N–H and O–H groups in total. The number of carbonyl (C=O) groups excluding carboxylic acids is 1. The first-order chi connectivity index (χ1) is 7.18. The molecule has 0 aromatic rings. The van der Waals surface area contributed by atoms with Crippen LogP contribution in [0.4, 0.5) is 0 Å². The number of hydrogen-bond acceptors (Lipinski definition) is 3. The van der Waals surface area contributed by atoms with E-state index in [4.69, 9.17) is 9.84 Å². The molecular weight excluding hydrogens is 192 g/mol. The van der Waals surface area contributed by atoms with Crippen LogP contribution < -0.4 is 0 Å². The number of ether oxygens (including phenoxy) is 1. The molecule has 0 aliphatic heterocycles. The van der Waals surface area contributed by atoms with E-state index in [1.807, 2.05) is 26.0 Å². The van der Waals surface area contributed by atoms with E-state index < -0.39 is 0 Å². The van der Waals surface area contributed by atoms with Crippen molar-refractivity contribution >= 4 is 5.97 Å². The van der Waals surface area contributed by atoms with Crippen molar-refractivity contribution in [1.82, 2.24) is 0 Å². The standard InChI is InChI=1S/C10H12O3.C2H6/c1-8(11)13-7-9-3-2-4-10(12)6-5-9;1-2/h2-3,5-6,12H,4,7H2,1H3;1-2H3. The summed E-state index contributed by atoms with van der Waals surface area (Å²) in [5.41, 5.74) is 0.874. The minimum absolute atomic E-state index is 0.260. The van der Waals surface area contributed by atoms with Crippen LogP contribution in [0, 0.1) is 0 Å². The van der Waals surface area contributed by atoms with Gasteiger partial charge < -0.3 is 9.84 Å². The number of aliphatic hydroxyl groups is 1. The van der Waals surface area contributed by atoms with Crippen molar-refractivity contribution in [3.05, 3.63) is 35.6 Å². The lowest BCUT2D eigenvalue weighted by molar-refractivity contribution is -0.139. The molecule has 0 spiro atoms. The zero-order valence-electron chi connectivity index (χ0n) is 9.49. The second-order valence-electron chi connectivity index (χ2n) is 2.79. The Kier molecular flexibility index (Phi) is 7.06. The van der Waals surface area contributed by atoms with E-state index in [0.29, 0.717) is 12.2 Å². The lowest BCUT2D eigenvalue weighted by atomic mass is 10.2. The molecule has 3 heteroatoms. The monoisotopic (exact) mass is 210 g/mol. The molecule has 0 bridgehead atoms. The Morgan fingerprint density at radius 1 is 1.47 bits per heavy atom. The highest BCUT2D eigenvalue weighted by molar-refractivity contribution is 5.66. The van der Waals surface area contributed by atoms with Crippen molar-refractivity contribution in [3.8, 4) is 0 Å². The molecule has 0 fully saturated rings. The zero-order valence-corrected chi connectivity index (χ0v) is 9.49. The van der Waals surface area contributed by atoms with Crippen LogP contribution >= 0.6 is 0 Å². The van der Waals surface area contributed by atoms with E-state index >= 15 is 0 Å². The molecule has 0 aromatic carbocycles. The molecule has 0 amide bonds. The van der Waals surface area contributed by atoms with Crippen molar-refractivity contribution in [2.24, 2.45) is 0 Å². The van der Waals surface area contributed by atoms with Crippen LogP contribution in [-0.2, 0) is 9.53 Å². The number of aliphatic hydroxyl groups excluding tert-OH is 1. The Balaban J connectivity index is 0.000000921. The molecule has 3 nitrogen and oxygen atoms in total. The summed E-state index contributed by atoms with van der Waals surface area (Å²) in [6.07, 6.45) is 7.54. The first-order valence-corrected chi connectivity index (χ1v) is 5.07. The van der Waals surface area contributed by atoms with Crippen LogP contribution in [0.2, 0.25) is 0 Å². The third kappa shape index (κ3) is 6.55. The SMILES string of the molecule is CC.CC(=O)OCC1=CC=C(O)CC=C1. The normalized spacial score (nSPS) is 14.1. The van der Waals surface area contributed by atoms with Crippen molar-refractivity contribution in [2.75, 3.05) is 6.61 Å². The topological polar surface area (TPSA) is 46.5 Å². The molecule has 15 heavy (non-hydrogen) atoms. The Morgan fingerprint density at radius 2 is 2.13 bits per heavy atom. The minimum Gasteiger partial charge on any atom is -0.512 e. The van der Waals surface area contributed by atoms with E-state index in [-0.39, 0.29) is 12.6 Å². The minimum atomic E-state index is -0.299. The number of esters is 1. The summed E-state index contributed by atoms with van der Waals surface area (Å²) < 4.78 is 4.80. The summed E-state index contributed by atoms with van der Waals surface area (Å²) in [6, 6.07) is 0. The average molecular weight is 210 g/mol. The summed E-state index contributed by atoms with van der Waals surface area (Å²) in [5.74, 6) is 0.0147. The quantitative estimate of drug-likeness (QED) is 0.713. The Bertz CT molecular complexity index is 285. The van der Waals surface area contributed by atoms with Gasteiger partial charge in [-0.1, -0.05) is 32.1 Å². The number of carbonyl (C=O) groups is 1. The molecule has 84 valence electrons. The summed E-state index contributed by atoms with van der Waals surface area (Å²) in [5, 5.41) is 9.14. The number of rotatable bonds is 2. The molecular formula is C12H18O3. The van der Waals surface area contributed by atoms with Gasteiger partial charge in [-0.05, 0) is 11.6 Å².